The van der Waals surface area contributed by atoms with Crippen molar-refractivity contribution < 1.29 is 110 Å². The number of nitrogens with one attached hydrogen (secondary N) is 2. The Balaban J connectivity index is 0.000000231. The first-order chi connectivity index (χ1) is 61.8. The van der Waals surface area contributed by atoms with E-state index in [1.165, 1.54) is 66.7 Å². The van der Waals surface area contributed by atoms with E-state index in [0.717, 1.165) is 122 Å². The number of carbonyl (C=O) groups excluding carboxylic acids is 10. The molecule has 0 aromatic carbocycles. The maximum atomic E-state index is 12.8. The summed E-state index contributed by atoms with van der Waals surface area (Å²) in [6.45, 7) is 17.7. The van der Waals surface area contributed by atoms with Gasteiger partial charge in [-0.2, -0.15) is 4.73 Å². The Hall–Kier alpha value is -11.7. The van der Waals surface area contributed by atoms with Gasteiger partial charge in [0.05, 0.1) is 73.9 Å². The van der Waals surface area contributed by atoms with E-state index in [-0.39, 0.29) is 76.6 Å². The maximum absolute atomic E-state index is 12.8. The van der Waals surface area contributed by atoms with Gasteiger partial charge in [0.25, 0.3) is 5.91 Å². The van der Waals surface area contributed by atoms with Gasteiger partial charge in [0, 0.05) is 76.9 Å². The normalized spacial score (nSPS) is 13.6. The minimum Gasteiger partial charge on any atom is -0.618 e. The first-order valence-electron chi connectivity index (χ1n) is 41.5. The number of ether oxygens (including phenoxy) is 10. The molecule has 8 aromatic heterocycles. The minimum atomic E-state index is -0.684. The van der Waals surface area contributed by atoms with E-state index in [1.54, 1.807) is 99.2 Å². The second-order valence-corrected chi connectivity index (χ2v) is 31.4. The number of aromatic nitrogens is 8. The number of aryl methyl sites for hydroxylation is 4. The monoisotopic (exact) mass is 1910 g/mol. The number of esters is 7. The molecule has 4 N–H and O–H groups in total. The molecule has 39 heteroatoms. The first-order valence-corrected chi connectivity index (χ1v) is 43.7. The van der Waals surface area contributed by atoms with Crippen molar-refractivity contribution in [3.8, 4) is 17.6 Å². The van der Waals surface area contributed by atoms with Crippen LogP contribution < -0.4 is 29.7 Å². The molecule has 3 aliphatic heterocycles. The van der Waals surface area contributed by atoms with Crippen LogP contribution in [0.25, 0.3) is 0 Å². The van der Waals surface area contributed by atoms with Crippen LogP contribution in [0.3, 0.4) is 0 Å². The number of nitrogens with zero attached hydrogens (tertiary/aromatic N) is 10. The van der Waals surface area contributed by atoms with E-state index >= 15 is 0 Å². The minimum absolute atomic E-state index is 0.00287. The van der Waals surface area contributed by atoms with Crippen molar-refractivity contribution in [3.05, 3.63) is 220 Å². The van der Waals surface area contributed by atoms with Gasteiger partial charge < -0.3 is 72.8 Å². The molecule has 696 valence electrons. The number of hydrogen-bond donors (Lipinski definition) is 4. The number of aliphatic hydroxyl groups excluding tert-OH is 1. The fourth-order valence-electron chi connectivity index (χ4n) is 12.6. The lowest BCUT2D eigenvalue weighted by atomic mass is 9.88. The van der Waals surface area contributed by atoms with Crippen LogP contribution in [0, 0.1) is 37.8 Å². The maximum Gasteiger partial charge on any atom is 0.404 e. The Bertz CT molecular complexity index is 5070. The summed E-state index contributed by atoms with van der Waals surface area (Å²) >= 11 is 20.7. The van der Waals surface area contributed by atoms with Gasteiger partial charge in [0.1, 0.15) is 63.7 Å². The first kappa shape index (κ1) is 106. The summed E-state index contributed by atoms with van der Waals surface area (Å²) in [4.78, 5) is 147. The highest BCUT2D eigenvalue weighted by Gasteiger charge is 2.32. The third-order valence-electron chi connectivity index (χ3n) is 19.4. The van der Waals surface area contributed by atoms with Crippen LogP contribution in [-0.2, 0) is 74.1 Å². The summed E-state index contributed by atoms with van der Waals surface area (Å²) < 4.78 is 49.9. The summed E-state index contributed by atoms with van der Waals surface area (Å²) in [5.41, 5.74) is 10.1. The lowest BCUT2D eigenvalue weighted by Gasteiger charge is -2.28. The SMILES string of the molecule is CC(C)OC(=O)c1ccc2c(n1)OCCN(C(=O)C1CCCCC1)C2.CC(C)OC(=O)c1ccc2c(n1)OCCNC2.COC(=O)c1ccc(C)c(Cl)n1.COC(=O)c1ccc(C)c[n+]1[O-].COC(=O)c1ccc(C)cn1.COC(=O)c1ccc(CBr)c(Cl)n1.COC(=O)c1ccc(CCCCO)c(Cl)n1.O=C(NO)c1ccc2c(n1)OCCN(C(=O)C1CCCCC1)C2. The van der Waals surface area contributed by atoms with Crippen LogP contribution >= 0.6 is 50.7 Å². The second kappa shape index (κ2) is 55.9. The van der Waals surface area contributed by atoms with Crippen LogP contribution in [0.2, 0.25) is 15.5 Å². The van der Waals surface area contributed by atoms with E-state index in [4.69, 9.17) is 68.8 Å². The number of aliphatic hydroxyl groups is 1. The number of alkyl halides is 1. The lowest BCUT2D eigenvalue weighted by molar-refractivity contribution is -0.608. The topological polar surface area (TPSA) is 451 Å². The number of carbonyl (C=O) groups is 10. The van der Waals surface area contributed by atoms with Crippen LogP contribution in [0.5, 0.6) is 17.6 Å². The number of pyridine rings is 8. The van der Waals surface area contributed by atoms with Gasteiger partial charge in [0.15, 0.2) is 17.6 Å². The number of unbranched alkanes of at least 4 members (excludes halogenated alkanes) is 1. The third kappa shape index (κ3) is 35.0. The molecule has 2 fully saturated rings. The predicted octanol–water partition coefficient (Wildman–Crippen LogP) is 13.3. The zero-order valence-corrected chi connectivity index (χ0v) is 78.0. The molecule has 0 unspecified atom stereocenters. The fraction of sp³-hybridized carbons (Fsp3) is 0.444. The summed E-state index contributed by atoms with van der Waals surface area (Å²) in [7, 11) is 6.48. The Morgan fingerprint density at radius 3 is 1.35 bits per heavy atom. The summed E-state index contributed by atoms with van der Waals surface area (Å²) in [6, 6.07) is 26.7. The average Bonchev–Trinajstić information content (AvgIpc) is 1.73. The molecule has 0 atom stereocenters. The number of amides is 3. The van der Waals surface area contributed by atoms with Gasteiger partial charge >= 0.3 is 47.5 Å². The number of rotatable bonds is 17. The van der Waals surface area contributed by atoms with Crippen molar-refractivity contribution in [1.29, 1.82) is 0 Å². The van der Waals surface area contributed by atoms with Gasteiger partial charge in [-0.05, 0) is 177 Å². The molecular formula is C90H110BrCl3N12O23. The van der Waals surface area contributed by atoms with Crippen molar-refractivity contribution in [2.75, 3.05) is 81.6 Å². The van der Waals surface area contributed by atoms with Crippen molar-refractivity contribution in [1.82, 2.24) is 55.5 Å². The van der Waals surface area contributed by atoms with E-state index in [9.17, 15) is 53.2 Å². The Morgan fingerprint density at radius 1 is 0.504 bits per heavy atom. The van der Waals surface area contributed by atoms with Crippen molar-refractivity contribution in [3.63, 3.8) is 0 Å². The smallest absolute Gasteiger partial charge is 0.404 e. The van der Waals surface area contributed by atoms with Crippen molar-refractivity contribution >= 4 is 110 Å². The Kier molecular flexibility index (Phi) is 46.0. The number of hydroxylamine groups is 1. The summed E-state index contributed by atoms with van der Waals surface area (Å²) in [5.74, 6) is -2.05. The van der Waals surface area contributed by atoms with Crippen LogP contribution in [0.1, 0.15) is 233 Å². The number of methoxy groups -OCH3 is 5. The molecule has 35 nitrogen and oxygen atoms in total. The van der Waals surface area contributed by atoms with E-state index in [2.05, 4.69) is 79.8 Å². The molecule has 0 radical (unpaired) electrons. The van der Waals surface area contributed by atoms with Gasteiger partial charge in [-0.1, -0.05) is 114 Å². The van der Waals surface area contributed by atoms with Crippen LogP contribution in [0.15, 0.2) is 109 Å². The van der Waals surface area contributed by atoms with E-state index < -0.39 is 47.7 Å². The quantitative estimate of drug-likeness (QED) is 0.00757. The zero-order valence-electron chi connectivity index (χ0n) is 74.1. The second-order valence-electron chi connectivity index (χ2n) is 29.8. The predicted molar refractivity (Wildman–Crippen MR) is 476 cm³/mol. The number of hydrogen-bond acceptors (Lipinski definition) is 31. The van der Waals surface area contributed by atoms with E-state index in [1.807, 2.05) is 55.7 Å². The van der Waals surface area contributed by atoms with E-state index in [0.29, 0.717) is 107 Å². The van der Waals surface area contributed by atoms with Gasteiger partial charge in [-0.3, -0.25) is 19.6 Å². The molecule has 129 heavy (non-hydrogen) atoms. The zero-order chi connectivity index (χ0) is 94.7. The molecular weight excluding hydrogens is 1800 g/mol. The molecule has 11 heterocycles. The average molecular weight is 1910 g/mol. The molecule has 13 rings (SSSR count). The molecule has 2 aliphatic carbocycles. The largest absolute Gasteiger partial charge is 0.618 e. The Morgan fingerprint density at radius 2 is 0.915 bits per heavy atom. The Labute approximate surface area is 771 Å². The lowest BCUT2D eigenvalue weighted by Crippen LogP contribution is -2.37. The highest BCUT2D eigenvalue weighted by Crippen LogP contribution is 2.32. The third-order valence-corrected chi connectivity index (χ3v) is 21.0. The van der Waals surface area contributed by atoms with Crippen molar-refractivity contribution in [2.24, 2.45) is 11.8 Å². The molecule has 0 saturated heterocycles. The highest BCUT2D eigenvalue weighted by atomic mass is 79.9. The summed E-state index contributed by atoms with van der Waals surface area (Å²) in [5, 5.41) is 33.2. The van der Waals surface area contributed by atoms with Crippen molar-refractivity contribution in [2.45, 2.75) is 169 Å². The number of halogens is 4. The molecule has 3 amide bonds. The van der Waals surface area contributed by atoms with Crippen LogP contribution in [0.4, 0.5) is 0 Å². The van der Waals surface area contributed by atoms with Gasteiger partial charge in [-0.25, -0.2) is 73.9 Å². The molecule has 5 aliphatic rings. The molecule has 2 saturated carbocycles. The molecule has 0 spiro atoms. The standard InChI is InChI=1S/C19H26N2O4.C16H21N3O4.C12H16N2O3.C11H14ClNO3.C8H7BrClNO2.C8H8ClNO2.C8H9NO3.C8H9NO2/c1-13(2)25-19(23)16-9-8-15-12-21(10-11-24-17(15)20-16)18(22)14-6-4-3-5-7-14;20-14(18-22)13-7-6-12-10-19(8-9-23-15(12)17-13)16(21)11-4-2-1-3-5-11;1-8(2)17-12(15)10-4-3-9-7-13-5-6-16-11(9)14-10;1-16-11(15)9-6-5-8(10(12)13-9)4-2-3-7-14;1-13-8(12)6-3-2-5(4-9)7(10)11-6;1-5-3-4-6(8(11)12-2)10-7(5)9;1-6-3-4-7(8(10)12-2)9(11)5-6;1-6-3-4-7(9-5-6)8(10)11-2/h8-9,13-14H,3-7,10-12H2,1-2H3;6-7,11,22H,1-5,8-10H2,(H,18,20);3-4,8,13H,5-7H2,1-2H3;5-6,14H,2-4,7H2,1H3;2-3H,4H2,1H3;3-4H,1-2H3;3-5H,1-2H3;3-5H,1-2H3. The highest BCUT2D eigenvalue weighted by molar-refractivity contribution is 9.08. The van der Waals surface area contributed by atoms with Crippen LogP contribution in [-0.4, -0.2) is 208 Å². The fourth-order valence-corrected chi connectivity index (χ4v) is 13.8. The molecule has 0 bridgehead atoms. The van der Waals surface area contributed by atoms with Gasteiger partial charge in [-0.15, -0.1) is 0 Å². The summed E-state index contributed by atoms with van der Waals surface area (Å²) in [6.07, 6.45) is 15.8. The number of fused-ring (bicyclic) bond motifs is 3. The van der Waals surface area contributed by atoms with Gasteiger partial charge in [0.2, 0.25) is 29.5 Å². The molecule has 8 aromatic rings.